The summed E-state index contributed by atoms with van der Waals surface area (Å²) in [6.45, 7) is 0. The molecule has 3 rings (SSSR count). The van der Waals surface area contributed by atoms with Gasteiger partial charge in [-0.15, -0.1) is 0 Å². The number of hydrogen-bond acceptors (Lipinski definition) is 3. The fraction of sp³-hybridized carbons (Fsp3) is 0.0769. The van der Waals surface area contributed by atoms with Crippen molar-refractivity contribution in [2.45, 2.75) is 0 Å². The van der Waals surface area contributed by atoms with Gasteiger partial charge >= 0.3 is 0 Å². The second-order valence-electron chi connectivity index (χ2n) is 4.04. The highest BCUT2D eigenvalue weighted by Gasteiger charge is 2.34. The molecule has 0 amide bonds. The van der Waals surface area contributed by atoms with E-state index in [2.05, 4.69) is 5.32 Å². The molecule has 17 heavy (non-hydrogen) atoms. The van der Waals surface area contributed by atoms with Crippen molar-refractivity contribution in [2.24, 2.45) is 0 Å². The topological polar surface area (TPSA) is 49.3 Å². The van der Waals surface area contributed by atoms with Gasteiger partial charge in [-0.3, -0.25) is 0 Å². The second kappa shape index (κ2) is 3.73. The number of hydrogen-bond donors (Lipinski definition) is 2. The summed E-state index contributed by atoms with van der Waals surface area (Å²) in [7, 11) is -2.88. The van der Waals surface area contributed by atoms with Gasteiger partial charge in [-0.1, -0.05) is 24.3 Å². The first-order valence-electron chi connectivity index (χ1n) is 5.42. The van der Waals surface area contributed by atoms with Gasteiger partial charge < -0.3 is 15.0 Å². The minimum absolute atomic E-state index is 0.331. The third kappa shape index (κ3) is 1.43. The van der Waals surface area contributed by atoms with Gasteiger partial charge in [-0.2, -0.15) is 0 Å². The van der Waals surface area contributed by atoms with Gasteiger partial charge in [0.05, 0.1) is 0 Å². The first-order valence-corrected chi connectivity index (χ1v) is 7.31. The average molecular weight is 245 g/mol. The predicted octanol–water partition coefficient (Wildman–Crippen LogP) is 2.01. The fourth-order valence-corrected chi connectivity index (χ4v) is 4.47. The van der Waals surface area contributed by atoms with Gasteiger partial charge in [-0.25, -0.2) is 0 Å². The number of nitrogens with one attached hydrogen (secondary N) is 1. The van der Waals surface area contributed by atoms with Crippen LogP contribution in [0.5, 0.6) is 0 Å². The van der Waals surface area contributed by atoms with E-state index in [9.17, 15) is 9.67 Å². The van der Waals surface area contributed by atoms with E-state index < -0.39 is 7.14 Å². The lowest BCUT2D eigenvalue weighted by Crippen LogP contribution is -2.28. The van der Waals surface area contributed by atoms with E-state index in [-0.39, 0.29) is 6.35 Å². The summed E-state index contributed by atoms with van der Waals surface area (Å²) in [4.78, 5) is 0. The highest BCUT2D eigenvalue weighted by Crippen LogP contribution is 2.49. The standard InChI is InChI=1S/C13H12NO2P/c15-9-17(16)12-7-3-1-5-10(12)14-11-6-2-4-8-13(11)17/h1-8,14-15H,9H2. The number of fused-ring (bicyclic) bond motifs is 2. The van der Waals surface area contributed by atoms with E-state index in [1.165, 1.54) is 0 Å². The zero-order valence-electron chi connectivity index (χ0n) is 9.13. The largest absolute Gasteiger partial charge is 0.388 e. The van der Waals surface area contributed by atoms with Crippen LogP contribution in [0.3, 0.4) is 0 Å². The van der Waals surface area contributed by atoms with Crippen LogP contribution in [0.2, 0.25) is 0 Å². The molecule has 1 aliphatic rings. The van der Waals surface area contributed by atoms with Gasteiger partial charge in [0.1, 0.15) is 6.35 Å². The Morgan fingerprint density at radius 1 is 0.941 bits per heavy atom. The van der Waals surface area contributed by atoms with E-state index in [0.29, 0.717) is 10.6 Å². The molecule has 0 aromatic heterocycles. The molecule has 86 valence electrons. The zero-order chi connectivity index (χ0) is 11.9. The molecular formula is C13H12NO2P. The Bertz CT molecular complexity index is 575. The lowest BCUT2D eigenvalue weighted by Gasteiger charge is -2.28. The van der Waals surface area contributed by atoms with Gasteiger partial charge in [0.25, 0.3) is 0 Å². The molecule has 0 saturated heterocycles. The van der Waals surface area contributed by atoms with Crippen LogP contribution in [0.25, 0.3) is 0 Å². The molecule has 0 saturated carbocycles. The minimum Gasteiger partial charge on any atom is -0.388 e. The van der Waals surface area contributed by atoms with E-state index in [1.807, 2.05) is 48.5 Å². The van der Waals surface area contributed by atoms with E-state index in [4.69, 9.17) is 0 Å². The molecule has 4 heteroatoms. The number of aliphatic hydroxyl groups is 1. The van der Waals surface area contributed by atoms with Crippen molar-refractivity contribution in [3.63, 3.8) is 0 Å². The molecule has 0 aliphatic carbocycles. The van der Waals surface area contributed by atoms with Crippen molar-refractivity contribution in [3.8, 4) is 0 Å². The van der Waals surface area contributed by atoms with Gasteiger partial charge in [-0.05, 0) is 24.3 Å². The second-order valence-corrected chi connectivity index (χ2v) is 6.77. The van der Waals surface area contributed by atoms with Crippen LogP contribution in [0.4, 0.5) is 11.4 Å². The monoisotopic (exact) mass is 245 g/mol. The SMILES string of the molecule is O=P1(CO)c2ccccc2Nc2ccccc21. The first kappa shape index (κ1) is 10.6. The van der Waals surface area contributed by atoms with Crippen molar-refractivity contribution in [1.82, 2.24) is 0 Å². The summed E-state index contributed by atoms with van der Waals surface area (Å²) in [6.07, 6.45) is -0.331. The van der Waals surface area contributed by atoms with Crippen LogP contribution in [-0.4, -0.2) is 11.5 Å². The Balaban J connectivity index is 2.33. The molecule has 0 atom stereocenters. The van der Waals surface area contributed by atoms with E-state index >= 15 is 0 Å². The van der Waals surface area contributed by atoms with Crippen molar-refractivity contribution in [2.75, 3.05) is 11.7 Å². The summed E-state index contributed by atoms with van der Waals surface area (Å²) < 4.78 is 13.0. The van der Waals surface area contributed by atoms with Crippen molar-refractivity contribution >= 4 is 29.1 Å². The van der Waals surface area contributed by atoms with Crippen LogP contribution in [0, 0.1) is 0 Å². The maximum Gasteiger partial charge on any atom is 0.171 e. The van der Waals surface area contributed by atoms with Crippen LogP contribution in [0.15, 0.2) is 48.5 Å². The van der Waals surface area contributed by atoms with Crippen LogP contribution < -0.4 is 15.9 Å². The van der Waals surface area contributed by atoms with Crippen molar-refractivity contribution in [1.29, 1.82) is 0 Å². The maximum absolute atomic E-state index is 13.0. The first-order chi connectivity index (χ1) is 8.25. The summed E-state index contributed by atoms with van der Waals surface area (Å²) in [5.41, 5.74) is 1.65. The number of rotatable bonds is 1. The van der Waals surface area contributed by atoms with Crippen molar-refractivity contribution in [3.05, 3.63) is 48.5 Å². The molecule has 0 bridgehead atoms. The quantitative estimate of drug-likeness (QED) is 0.755. The Hall–Kier alpha value is -1.57. The summed E-state index contributed by atoms with van der Waals surface area (Å²) in [5.74, 6) is 0. The maximum atomic E-state index is 13.0. The Morgan fingerprint density at radius 3 is 1.88 bits per heavy atom. The average Bonchev–Trinajstić information content (AvgIpc) is 2.39. The third-order valence-electron chi connectivity index (χ3n) is 3.05. The van der Waals surface area contributed by atoms with Gasteiger partial charge in [0, 0.05) is 22.0 Å². The van der Waals surface area contributed by atoms with Crippen LogP contribution >= 0.6 is 7.14 Å². The molecule has 0 fully saturated rings. The van der Waals surface area contributed by atoms with Crippen LogP contribution in [-0.2, 0) is 4.57 Å². The highest BCUT2D eigenvalue weighted by atomic mass is 31.2. The normalized spacial score (nSPS) is 15.6. The fourth-order valence-electron chi connectivity index (χ4n) is 2.22. The molecule has 3 nitrogen and oxygen atoms in total. The van der Waals surface area contributed by atoms with Gasteiger partial charge in [0.15, 0.2) is 7.14 Å². The molecular weight excluding hydrogens is 233 g/mol. The molecule has 0 spiro atoms. The Labute approximate surface area is 99.5 Å². The molecule has 2 N–H and O–H groups in total. The number of benzene rings is 2. The molecule has 2 aromatic carbocycles. The number of anilines is 2. The molecule has 0 unspecified atom stereocenters. The summed E-state index contributed by atoms with van der Waals surface area (Å²) in [5, 5.41) is 14.2. The summed E-state index contributed by atoms with van der Waals surface area (Å²) >= 11 is 0. The smallest absolute Gasteiger partial charge is 0.171 e. The number of para-hydroxylation sites is 2. The van der Waals surface area contributed by atoms with Gasteiger partial charge in [0.2, 0.25) is 0 Å². The molecule has 1 heterocycles. The lowest BCUT2D eigenvalue weighted by molar-refractivity contribution is 0.362. The third-order valence-corrected chi connectivity index (χ3v) is 5.79. The molecule has 2 aromatic rings. The minimum atomic E-state index is -2.88. The summed E-state index contributed by atoms with van der Waals surface area (Å²) in [6, 6.07) is 14.9. The Kier molecular flexibility index (Phi) is 2.32. The molecule has 1 aliphatic heterocycles. The number of aliphatic hydroxyl groups excluding tert-OH is 1. The highest BCUT2D eigenvalue weighted by molar-refractivity contribution is 7.79. The van der Waals surface area contributed by atoms with Crippen LogP contribution in [0.1, 0.15) is 0 Å². The Morgan fingerprint density at radius 2 is 1.41 bits per heavy atom. The van der Waals surface area contributed by atoms with E-state index in [1.54, 1.807) is 0 Å². The van der Waals surface area contributed by atoms with E-state index in [0.717, 1.165) is 11.4 Å². The molecule has 0 radical (unpaired) electrons. The van der Waals surface area contributed by atoms with Crippen molar-refractivity contribution < 1.29 is 9.67 Å². The lowest BCUT2D eigenvalue weighted by atomic mass is 10.2. The predicted molar refractivity (Wildman–Crippen MR) is 70.1 cm³/mol. The zero-order valence-corrected chi connectivity index (χ0v) is 10.0.